The van der Waals surface area contributed by atoms with Gasteiger partial charge >= 0.3 is 0 Å². The van der Waals surface area contributed by atoms with Gasteiger partial charge in [0.05, 0.1) is 22.5 Å². The third-order valence-corrected chi connectivity index (χ3v) is 5.50. The standard InChI is InChI=1S/C15H14N4OS2/c20-13(19-15-18-11-6-3-7-12(11)22-15)8-21-14-16-9-4-1-2-5-10(9)17-14/h1-2,4-5H,3,6-8H2,(H,16,17)(H,18,19,20). The maximum absolute atomic E-state index is 12.0. The molecule has 2 N–H and O–H groups in total. The van der Waals surface area contributed by atoms with Crippen LogP contribution in [-0.2, 0) is 17.6 Å². The van der Waals surface area contributed by atoms with E-state index in [1.807, 2.05) is 24.3 Å². The Morgan fingerprint density at radius 2 is 2.23 bits per heavy atom. The number of carbonyl (C=O) groups is 1. The van der Waals surface area contributed by atoms with E-state index >= 15 is 0 Å². The number of aromatic nitrogens is 3. The molecule has 0 unspecified atom stereocenters. The summed E-state index contributed by atoms with van der Waals surface area (Å²) in [4.78, 5) is 25.5. The number of H-pyrrole nitrogens is 1. The van der Waals surface area contributed by atoms with Gasteiger partial charge < -0.3 is 10.3 Å². The van der Waals surface area contributed by atoms with Crippen LogP contribution in [0.4, 0.5) is 5.13 Å². The second-order valence-corrected chi connectivity index (χ2v) is 7.19. The van der Waals surface area contributed by atoms with Crippen LogP contribution in [0.5, 0.6) is 0 Å². The minimum absolute atomic E-state index is 0.0436. The summed E-state index contributed by atoms with van der Waals surface area (Å²) < 4.78 is 0. The molecular weight excluding hydrogens is 316 g/mol. The Morgan fingerprint density at radius 1 is 1.32 bits per heavy atom. The molecule has 0 saturated carbocycles. The van der Waals surface area contributed by atoms with Gasteiger partial charge in [0.1, 0.15) is 0 Å². The molecule has 0 atom stereocenters. The fourth-order valence-corrected chi connectivity index (χ4v) is 4.28. The van der Waals surface area contributed by atoms with Gasteiger partial charge in [0.25, 0.3) is 0 Å². The fraction of sp³-hybridized carbons (Fsp3) is 0.267. The van der Waals surface area contributed by atoms with Crippen molar-refractivity contribution in [1.29, 1.82) is 0 Å². The lowest BCUT2D eigenvalue weighted by Crippen LogP contribution is -2.14. The average Bonchev–Trinajstić information content (AvgIpc) is 3.18. The number of imidazole rings is 1. The number of nitrogens with one attached hydrogen (secondary N) is 2. The minimum atomic E-state index is -0.0436. The second kappa shape index (κ2) is 5.73. The lowest BCUT2D eigenvalue weighted by atomic mass is 10.3. The van der Waals surface area contributed by atoms with Gasteiger partial charge in [-0.05, 0) is 31.4 Å². The monoisotopic (exact) mass is 330 g/mol. The number of aryl methyl sites for hydroxylation is 2. The molecule has 2 aromatic heterocycles. The van der Waals surface area contributed by atoms with Crippen LogP contribution >= 0.6 is 23.1 Å². The molecule has 1 amide bonds. The largest absolute Gasteiger partial charge is 0.333 e. The molecule has 3 aromatic rings. The van der Waals surface area contributed by atoms with Crippen LogP contribution in [-0.4, -0.2) is 26.6 Å². The van der Waals surface area contributed by atoms with Crippen LogP contribution in [0.1, 0.15) is 17.0 Å². The first-order valence-corrected chi connectivity index (χ1v) is 8.94. The van der Waals surface area contributed by atoms with Crippen molar-refractivity contribution in [3.05, 3.63) is 34.8 Å². The van der Waals surface area contributed by atoms with E-state index in [1.165, 1.54) is 23.1 Å². The van der Waals surface area contributed by atoms with Crippen molar-refractivity contribution in [1.82, 2.24) is 15.0 Å². The molecule has 0 aliphatic heterocycles. The number of aromatic amines is 1. The highest BCUT2D eigenvalue weighted by Gasteiger charge is 2.17. The number of fused-ring (bicyclic) bond motifs is 2. The van der Waals surface area contributed by atoms with Gasteiger partial charge in [-0.1, -0.05) is 23.9 Å². The molecule has 2 heterocycles. The van der Waals surface area contributed by atoms with E-state index in [1.54, 1.807) is 11.3 Å². The molecule has 112 valence electrons. The zero-order valence-corrected chi connectivity index (χ0v) is 13.4. The summed E-state index contributed by atoms with van der Waals surface area (Å²) in [6, 6.07) is 7.84. The van der Waals surface area contributed by atoms with Gasteiger partial charge in [-0.15, -0.1) is 11.3 Å². The molecule has 1 aliphatic carbocycles. The van der Waals surface area contributed by atoms with Gasteiger partial charge in [-0.25, -0.2) is 9.97 Å². The molecule has 22 heavy (non-hydrogen) atoms. The summed E-state index contributed by atoms with van der Waals surface area (Å²) in [5.41, 5.74) is 3.06. The average molecular weight is 330 g/mol. The normalized spacial score (nSPS) is 13.5. The van der Waals surface area contributed by atoms with Crippen LogP contribution in [0, 0.1) is 0 Å². The molecule has 0 bridgehead atoms. The minimum Gasteiger partial charge on any atom is -0.333 e. The van der Waals surface area contributed by atoms with Gasteiger partial charge in [0, 0.05) is 4.88 Å². The maximum Gasteiger partial charge on any atom is 0.236 e. The first-order chi connectivity index (χ1) is 10.8. The van der Waals surface area contributed by atoms with Gasteiger partial charge in [0.15, 0.2) is 10.3 Å². The van der Waals surface area contributed by atoms with Crippen molar-refractivity contribution in [2.45, 2.75) is 24.4 Å². The summed E-state index contributed by atoms with van der Waals surface area (Å²) in [6.07, 6.45) is 3.32. The molecule has 0 saturated heterocycles. The highest BCUT2D eigenvalue weighted by Crippen LogP contribution is 2.30. The van der Waals surface area contributed by atoms with Gasteiger partial charge in [-0.3, -0.25) is 4.79 Å². The lowest BCUT2D eigenvalue weighted by Gasteiger charge is -2.00. The Morgan fingerprint density at radius 3 is 3.09 bits per heavy atom. The molecule has 7 heteroatoms. The van der Waals surface area contributed by atoms with E-state index < -0.39 is 0 Å². The highest BCUT2D eigenvalue weighted by molar-refractivity contribution is 7.99. The lowest BCUT2D eigenvalue weighted by molar-refractivity contribution is -0.113. The maximum atomic E-state index is 12.0. The number of thioether (sulfide) groups is 1. The number of para-hydroxylation sites is 2. The molecule has 0 fully saturated rings. The van der Waals surface area contributed by atoms with Crippen molar-refractivity contribution in [2.24, 2.45) is 0 Å². The summed E-state index contributed by atoms with van der Waals surface area (Å²) in [5, 5.41) is 4.37. The van der Waals surface area contributed by atoms with E-state index in [-0.39, 0.29) is 5.91 Å². The molecule has 4 rings (SSSR count). The van der Waals surface area contributed by atoms with Crippen molar-refractivity contribution in [3.8, 4) is 0 Å². The van der Waals surface area contributed by atoms with Crippen LogP contribution in [0.25, 0.3) is 11.0 Å². The Bertz CT molecular complexity index is 785. The molecule has 0 spiro atoms. The first-order valence-electron chi connectivity index (χ1n) is 7.14. The topological polar surface area (TPSA) is 70.7 Å². The summed E-state index contributed by atoms with van der Waals surface area (Å²) in [6.45, 7) is 0. The Kier molecular flexibility index (Phi) is 3.59. The molecule has 5 nitrogen and oxygen atoms in total. The van der Waals surface area contributed by atoms with Crippen molar-refractivity contribution < 1.29 is 4.79 Å². The zero-order valence-electron chi connectivity index (χ0n) is 11.8. The Balaban J connectivity index is 1.37. The fourth-order valence-electron chi connectivity index (χ4n) is 2.53. The number of nitrogens with zero attached hydrogens (tertiary/aromatic N) is 2. The van der Waals surface area contributed by atoms with Crippen LogP contribution < -0.4 is 5.32 Å². The third kappa shape index (κ3) is 2.74. The third-order valence-electron chi connectivity index (χ3n) is 3.55. The molecule has 0 radical (unpaired) electrons. The van der Waals surface area contributed by atoms with E-state index in [0.717, 1.165) is 39.9 Å². The highest BCUT2D eigenvalue weighted by atomic mass is 32.2. The zero-order chi connectivity index (χ0) is 14.9. The van der Waals surface area contributed by atoms with Gasteiger partial charge in [0.2, 0.25) is 5.91 Å². The van der Waals surface area contributed by atoms with E-state index in [2.05, 4.69) is 20.3 Å². The predicted octanol–water partition coefficient (Wildman–Crippen LogP) is 3.24. The second-order valence-electron chi connectivity index (χ2n) is 5.14. The smallest absolute Gasteiger partial charge is 0.236 e. The Hall–Kier alpha value is -1.86. The number of hydrogen-bond acceptors (Lipinski definition) is 5. The van der Waals surface area contributed by atoms with E-state index in [9.17, 15) is 4.79 Å². The summed E-state index contributed by atoms with van der Waals surface area (Å²) >= 11 is 3.00. The van der Waals surface area contributed by atoms with Crippen molar-refractivity contribution in [2.75, 3.05) is 11.1 Å². The quantitative estimate of drug-likeness (QED) is 0.721. The SMILES string of the molecule is O=C(CSc1nc2ccccc2[nH]1)Nc1nc2c(s1)CCC2. The molecule has 1 aliphatic rings. The number of carbonyl (C=O) groups excluding carboxylic acids is 1. The molecular formula is C15H14N4OS2. The number of rotatable bonds is 4. The van der Waals surface area contributed by atoms with Crippen molar-refractivity contribution >= 4 is 45.2 Å². The summed E-state index contributed by atoms with van der Waals surface area (Å²) in [7, 11) is 0. The van der Waals surface area contributed by atoms with Crippen molar-refractivity contribution in [3.63, 3.8) is 0 Å². The number of thiazole rings is 1. The van der Waals surface area contributed by atoms with E-state index in [0.29, 0.717) is 5.75 Å². The number of anilines is 1. The summed E-state index contributed by atoms with van der Waals surface area (Å²) in [5.74, 6) is 0.280. The first kappa shape index (κ1) is 13.8. The van der Waals surface area contributed by atoms with Crippen LogP contribution in [0.15, 0.2) is 29.4 Å². The van der Waals surface area contributed by atoms with Gasteiger partial charge in [-0.2, -0.15) is 0 Å². The predicted molar refractivity (Wildman–Crippen MR) is 89.6 cm³/mol. The van der Waals surface area contributed by atoms with E-state index in [4.69, 9.17) is 0 Å². The number of benzene rings is 1. The van der Waals surface area contributed by atoms with Crippen LogP contribution in [0.3, 0.4) is 0 Å². The van der Waals surface area contributed by atoms with Crippen LogP contribution in [0.2, 0.25) is 0 Å². The number of hydrogen-bond donors (Lipinski definition) is 2. The number of amides is 1. The Labute approximate surface area is 135 Å². The molecule has 1 aromatic carbocycles.